The highest BCUT2D eigenvalue weighted by molar-refractivity contribution is 7.92. The second-order valence-electron chi connectivity index (χ2n) is 13.5. The van der Waals surface area contributed by atoms with E-state index in [0.717, 1.165) is 29.5 Å². The third kappa shape index (κ3) is 6.73. The van der Waals surface area contributed by atoms with E-state index in [-0.39, 0.29) is 59.3 Å². The van der Waals surface area contributed by atoms with Gasteiger partial charge in [-0.15, -0.1) is 0 Å². The molecule has 7 rings (SSSR count). The maximum atomic E-state index is 14.5. The Bertz CT molecular complexity index is 2160. The first-order chi connectivity index (χ1) is 23.4. The van der Waals surface area contributed by atoms with Gasteiger partial charge in [-0.2, -0.15) is 4.98 Å². The summed E-state index contributed by atoms with van der Waals surface area (Å²) in [5, 5.41) is 9.61. The third-order valence-electron chi connectivity index (χ3n) is 9.41. The van der Waals surface area contributed by atoms with Crippen LogP contribution in [0, 0.1) is 19.3 Å². The molecule has 2 aromatic carbocycles. The quantitative estimate of drug-likeness (QED) is 0.215. The smallest absolute Gasteiger partial charge is 0.264 e. The summed E-state index contributed by atoms with van der Waals surface area (Å²) < 4.78 is 42.1. The van der Waals surface area contributed by atoms with Crippen molar-refractivity contribution in [2.75, 3.05) is 17.9 Å². The molecule has 13 heteroatoms. The van der Waals surface area contributed by atoms with Crippen molar-refractivity contribution in [2.24, 2.45) is 5.41 Å². The van der Waals surface area contributed by atoms with Crippen LogP contribution in [-0.2, 0) is 16.6 Å². The number of hydrogen-bond acceptors (Lipinski definition) is 10. The van der Waals surface area contributed by atoms with Crippen LogP contribution in [-0.4, -0.2) is 63.5 Å². The van der Waals surface area contributed by atoms with E-state index in [1.165, 1.54) is 12.1 Å². The van der Waals surface area contributed by atoms with Crippen LogP contribution in [0.15, 0.2) is 70.1 Å². The largest absolute Gasteiger partial charge is 0.475 e. The van der Waals surface area contributed by atoms with Crippen molar-refractivity contribution in [3.63, 3.8) is 0 Å². The first-order valence-electron chi connectivity index (χ1n) is 16.3. The van der Waals surface area contributed by atoms with Crippen LogP contribution in [0.5, 0.6) is 5.88 Å². The number of hydrogen-bond donors (Lipinski definition) is 2. The molecule has 4 heterocycles. The highest BCUT2D eigenvalue weighted by Gasteiger charge is 2.42. The summed E-state index contributed by atoms with van der Waals surface area (Å²) >= 11 is 0. The minimum Gasteiger partial charge on any atom is -0.475 e. The van der Waals surface area contributed by atoms with E-state index in [4.69, 9.17) is 14.1 Å². The molecule has 254 valence electrons. The van der Waals surface area contributed by atoms with Crippen LogP contribution >= 0.6 is 0 Å². The number of ether oxygens (including phenoxy) is 1. The molecule has 5 aromatic rings. The lowest BCUT2D eigenvalue weighted by atomic mass is 9.97. The number of fused-ring (bicyclic) bond motifs is 5. The number of furan rings is 1. The van der Waals surface area contributed by atoms with Crippen molar-refractivity contribution in [3.05, 3.63) is 88.9 Å². The number of aliphatic hydroxyl groups is 1. The summed E-state index contributed by atoms with van der Waals surface area (Å²) in [7, 11) is -4.19. The van der Waals surface area contributed by atoms with Gasteiger partial charge in [0.2, 0.25) is 17.5 Å². The summed E-state index contributed by atoms with van der Waals surface area (Å²) in [6, 6.07) is 14.9. The van der Waals surface area contributed by atoms with Gasteiger partial charge in [-0.25, -0.2) is 28.1 Å². The van der Waals surface area contributed by atoms with E-state index in [0.29, 0.717) is 34.8 Å². The minimum absolute atomic E-state index is 0.0169. The molecule has 0 saturated heterocycles. The molecule has 1 aliphatic carbocycles. The number of carbonyl (C=O) groups is 1. The van der Waals surface area contributed by atoms with Crippen LogP contribution in [0.4, 0.5) is 5.95 Å². The molecule has 12 nitrogen and oxygen atoms in total. The molecule has 0 spiro atoms. The molecule has 3 aromatic heterocycles. The van der Waals surface area contributed by atoms with Crippen molar-refractivity contribution in [3.8, 4) is 17.1 Å². The minimum atomic E-state index is -4.19. The number of aromatic nitrogens is 4. The summed E-state index contributed by atoms with van der Waals surface area (Å²) in [5.41, 5.74) is 4.89. The highest BCUT2D eigenvalue weighted by Crippen LogP contribution is 2.49. The Morgan fingerprint density at radius 3 is 2.55 bits per heavy atom. The van der Waals surface area contributed by atoms with Crippen LogP contribution in [0.25, 0.3) is 22.5 Å². The molecule has 0 radical (unpaired) electrons. The lowest BCUT2D eigenvalue weighted by molar-refractivity contribution is 0.0537. The van der Waals surface area contributed by atoms with Crippen molar-refractivity contribution in [2.45, 2.75) is 70.4 Å². The number of carbonyl (C=O) groups excluding carboxylic acids is 1. The van der Waals surface area contributed by atoms with Crippen molar-refractivity contribution in [1.82, 2.24) is 24.8 Å². The Labute approximate surface area is 284 Å². The van der Waals surface area contributed by atoms with Gasteiger partial charge in [0.1, 0.15) is 17.9 Å². The fourth-order valence-electron chi connectivity index (χ4n) is 6.29. The maximum Gasteiger partial charge on any atom is 0.264 e. The summed E-state index contributed by atoms with van der Waals surface area (Å²) in [6.07, 6.45) is 4.26. The van der Waals surface area contributed by atoms with Gasteiger partial charge < -0.3 is 19.2 Å². The molecular weight excluding hydrogens is 644 g/mol. The van der Waals surface area contributed by atoms with Crippen molar-refractivity contribution < 1.29 is 27.5 Å². The molecule has 1 fully saturated rings. The van der Waals surface area contributed by atoms with Crippen LogP contribution < -0.4 is 9.46 Å². The average Bonchev–Trinajstić information content (AvgIpc) is 3.65. The molecule has 49 heavy (non-hydrogen) atoms. The zero-order chi connectivity index (χ0) is 34.5. The Kier molecular flexibility index (Phi) is 8.35. The first-order valence-corrected chi connectivity index (χ1v) is 17.8. The Morgan fingerprint density at radius 1 is 1.06 bits per heavy atom. The molecule has 1 amide bonds. The third-order valence-corrected chi connectivity index (χ3v) is 10.7. The second-order valence-corrected chi connectivity index (χ2v) is 15.2. The van der Waals surface area contributed by atoms with Gasteiger partial charge in [0.05, 0.1) is 41.7 Å². The zero-order valence-electron chi connectivity index (χ0n) is 27.8. The molecule has 2 N–H and O–H groups in total. The normalized spacial score (nSPS) is 18.8. The fourth-order valence-corrected chi connectivity index (χ4v) is 7.28. The van der Waals surface area contributed by atoms with Gasteiger partial charge in [-0.1, -0.05) is 38.1 Å². The Hall–Kier alpha value is -4.88. The number of aryl methyl sites for hydroxylation is 2. The van der Waals surface area contributed by atoms with E-state index in [9.17, 15) is 18.3 Å². The lowest BCUT2D eigenvalue weighted by Crippen LogP contribution is -2.44. The number of benzene rings is 2. The van der Waals surface area contributed by atoms with E-state index >= 15 is 0 Å². The molecular formula is C36H38N6O6S. The van der Waals surface area contributed by atoms with Gasteiger partial charge in [0.25, 0.3) is 15.9 Å². The fraction of sp³-hybridized carbons (Fsp3) is 0.361. The molecule has 2 aliphatic rings. The molecule has 2 atom stereocenters. The van der Waals surface area contributed by atoms with Gasteiger partial charge in [0.15, 0.2) is 0 Å². The number of nitrogens with zero attached hydrogens (tertiary/aromatic N) is 5. The van der Waals surface area contributed by atoms with Gasteiger partial charge in [-0.3, -0.25) is 4.79 Å². The molecule has 4 bridgehead atoms. The molecule has 1 unspecified atom stereocenters. The maximum absolute atomic E-state index is 14.5. The first kappa shape index (κ1) is 32.7. The SMILES string of the molecule is Cc1cccc(C)c1-c1cc2nc(n1)NS(=O)(=O)c1cccc(c1)C(=O)N(Cc1cnc3oc(C(C)CO)cc3n1)[C@H](CC1(C)CC1)CO2. The summed E-state index contributed by atoms with van der Waals surface area (Å²) in [4.78, 5) is 34.4. The second kappa shape index (κ2) is 12.5. The summed E-state index contributed by atoms with van der Waals surface area (Å²) in [6.45, 7) is 8.06. The van der Waals surface area contributed by atoms with Crippen LogP contribution in [0.2, 0.25) is 0 Å². The average molecular weight is 683 g/mol. The highest BCUT2D eigenvalue weighted by atomic mass is 32.2. The van der Waals surface area contributed by atoms with Gasteiger partial charge in [0, 0.05) is 29.2 Å². The van der Waals surface area contributed by atoms with Crippen molar-refractivity contribution in [1.29, 1.82) is 0 Å². The standard InChI is InChI=1S/C36H38N6O6S/c1-21-7-5-8-22(2)32(21)28-15-31-40-35(39-28)41-49(45,46)27-10-6-9-24(13-27)34(44)42(26(20-47-31)16-36(4)11-12-36)18-25-17-37-33-29(38-25)14-30(48-33)23(3)19-43/h5-10,13-15,17,23,26,43H,11-12,16,18-20H2,1-4H3,(H,39,40,41)/t23?,26-/m1/s1. The van der Waals surface area contributed by atoms with Crippen LogP contribution in [0.1, 0.15) is 72.0 Å². The lowest BCUT2D eigenvalue weighted by Gasteiger charge is -2.33. The number of rotatable bonds is 7. The predicted octanol–water partition coefficient (Wildman–Crippen LogP) is 5.79. The van der Waals surface area contributed by atoms with E-state index in [1.54, 1.807) is 35.4 Å². The van der Waals surface area contributed by atoms with E-state index in [2.05, 4.69) is 26.6 Å². The summed E-state index contributed by atoms with van der Waals surface area (Å²) in [5.74, 6) is 0.0210. The number of anilines is 1. The van der Waals surface area contributed by atoms with Crippen molar-refractivity contribution >= 4 is 33.1 Å². The number of nitrogens with one attached hydrogen (secondary N) is 1. The number of amides is 1. The number of aliphatic hydroxyl groups excluding tert-OH is 1. The monoisotopic (exact) mass is 682 g/mol. The molecule has 1 aliphatic heterocycles. The van der Waals surface area contributed by atoms with E-state index < -0.39 is 16.1 Å². The number of sulfonamides is 1. The molecule has 1 saturated carbocycles. The predicted molar refractivity (Wildman–Crippen MR) is 183 cm³/mol. The topological polar surface area (TPSA) is 161 Å². The van der Waals surface area contributed by atoms with Crippen LogP contribution in [0.3, 0.4) is 0 Å². The van der Waals surface area contributed by atoms with Gasteiger partial charge >= 0.3 is 0 Å². The van der Waals surface area contributed by atoms with E-state index in [1.807, 2.05) is 39.0 Å². The van der Waals surface area contributed by atoms with Gasteiger partial charge in [-0.05, 0) is 67.9 Å². The Balaban J connectivity index is 1.34. The Morgan fingerprint density at radius 2 is 1.82 bits per heavy atom. The zero-order valence-corrected chi connectivity index (χ0v) is 28.6.